The molecule has 31 heavy (non-hydrogen) atoms. The van der Waals surface area contributed by atoms with Crippen LogP contribution in [0.4, 0.5) is 5.95 Å². The van der Waals surface area contributed by atoms with Gasteiger partial charge in [0, 0.05) is 12.1 Å². The molecular weight excluding hydrogens is 410 g/mol. The zero-order valence-corrected chi connectivity index (χ0v) is 19.2. The van der Waals surface area contributed by atoms with E-state index in [1.807, 2.05) is 26.2 Å². The van der Waals surface area contributed by atoms with Gasteiger partial charge in [0.05, 0.1) is 22.7 Å². The fourth-order valence-electron chi connectivity index (χ4n) is 4.56. The van der Waals surface area contributed by atoms with Crippen molar-refractivity contribution in [2.45, 2.75) is 82.0 Å². The predicted molar refractivity (Wildman–Crippen MR) is 121 cm³/mol. The van der Waals surface area contributed by atoms with Gasteiger partial charge in [-0.05, 0) is 71.5 Å². The molecule has 2 aliphatic rings. The highest BCUT2D eigenvalue weighted by atomic mass is 32.2. The Morgan fingerprint density at radius 1 is 1.10 bits per heavy atom. The summed E-state index contributed by atoms with van der Waals surface area (Å²) in [7, 11) is 0. The van der Waals surface area contributed by atoms with Crippen molar-refractivity contribution in [1.82, 2.24) is 29.5 Å². The van der Waals surface area contributed by atoms with Gasteiger partial charge in [0.15, 0.2) is 10.8 Å². The van der Waals surface area contributed by atoms with Crippen molar-refractivity contribution in [3.63, 3.8) is 0 Å². The average Bonchev–Trinajstić information content (AvgIpc) is 3.18. The van der Waals surface area contributed by atoms with Gasteiger partial charge < -0.3 is 10.4 Å². The van der Waals surface area contributed by atoms with E-state index in [0.717, 1.165) is 72.6 Å². The highest BCUT2D eigenvalue weighted by Gasteiger charge is 2.29. The molecular formula is C22H29N7OS. The van der Waals surface area contributed by atoms with Crippen molar-refractivity contribution in [3.05, 3.63) is 23.1 Å². The Bertz CT molecular complexity index is 1120. The molecule has 2 aliphatic carbocycles. The molecule has 0 aliphatic heterocycles. The van der Waals surface area contributed by atoms with Gasteiger partial charge in [-0.3, -0.25) is 4.98 Å². The minimum atomic E-state index is -0.564. The van der Waals surface area contributed by atoms with Gasteiger partial charge >= 0.3 is 0 Å². The van der Waals surface area contributed by atoms with E-state index in [4.69, 9.17) is 20.1 Å². The zero-order chi connectivity index (χ0) is 21.6. The van der Waals surface area contributed by atoms with E-state index in [0.29, 0.717) is 11.1 Å². The highest BCUT2D eigenvalue weighted by molar-refractivity contribution is 7.98. The molecule has 9 heteroatoms. The largest absolute Gasteiger partial charge is 0.390 e. The van der Waals surface area contributed by atoms with Crippen LogP contribution in [0.15, 0.2) is 11.2 Å². The van der Waals surface area contributed by atoms with Crippen LogP contribution in [0.2, 0.25) is 0 Å². The van der Waals surface area contributed by atoms with Gasteiger partial charge in [0.1, 0.15) is 11.4 Å². The third kappa shape index (κ3) is 4.13. The Labute approximate surface area is 186 Å². The quantitative estimate of drug-likeness (QED) is 0.595. The molecule has 0 aromatic carbocycles. The van der Waals surface area contributed by atoms with Crippen LogP contribution in [-0.4, -0.2) is 52.6 Å². The summed E-state index contributed by atoms with van der Waals surface area (Å²) in [5.41, 5.74) is 4.94. The lowest BCUT2D eigenvalue weighted by Gasteiger charge is -2.33. The number of anilines is 1. The lowest BCUT2D eigenvalue weighted by atomic mass is 9.84. The molecule has 0 spiro atoms. The smallest absolute Gasteiger partial charge is 0.228 e. The lowest BCUT2D eigenvalue weighted by molar-refractivity contribution is 0.0195. The van der Waals surface area contributed by atoms with E-state index in [1.165, 1.54) is 24.6 Å². The molecule has 164 valence electrons. The molecule has 3 heterocycles. The van der Waals surface area contributed by atoms with Crippen LogP contribution in [0.1, 0.15) is 62.5 Å². The summed E-state index contributed by atoms with van der Waals surface area (Å²) in [6, 6.07) is 2.23. The van der Waals surface area contributed by atoms with Crippen molar-refractivity contribution in [3.8, 4) is 11.4 Å². The Hall–Kier alpha value is -2.26. The summed E-state index contributed by atoms with van der Waals surface area (Å²) in [5.74, 6) is 0.690. The van der Waals surface area contributed by atoms with Crippen molar-refractivity contribution in [1.29, 1.82) is 0 Å². The second-order valence-electron chi connectivity index (χ2n) is 9.01. The fraction of sp³-hybridized carbons (Fsp3) is 0.591. The summed E-state index contributed by atoms with van der Waals surface area (Å²) in [6.45, 7) is 3.92. The van der Waals surface area contributed by atoms with E-state index in [-0.39, 0.29) is 6.04 Å². The molecule has 3 aromatic rings. The van der Waals surface area contributed by atoms with Crippen LogP contribution in [0, 0.1) is 6.92 Å². The number of rotatable bonds is 4. The topological polar surface area (TPSA) is 101 Å². The normalized spacial score (nSPS) is 23.7. The van der Waals surface area contributed by atoms with Gasteiger partial charge in [-0.25, -0.2) is 9.97 Å². The molecule has 8 nitrogen and oxygen atoms in total. The fourth-order valence-corrected chi connectivity index (χ4v) is 4.93. The van der Waals surface area contributed by atoms with Gasteiger partial charge in [-0.1, -0.05) is 11.8 Å². The summed E-state index contributed by atoms with van der Waals surface area (Å²) in [5, 5.41) is 19.4. The molecule has 5 rings (SSSR count). The van der Waals surface area contributed by atoms with Gasteiger partial charge in [0.25, 0.3) is 0 Å². The van der Waals surface area contributed by atoms with Crippen LogP contribution >= 0.6 is 11.8 Å². The number of aromatic nitrogens is 6. The number of aliphatic hydroxyl groups is 1. The number of nitrogens with zero attached hydrogens (tertiary/aromatic N) is 6. The molecule has 0 amide bonds. The van der Waals surface area contributed by atoms with E-state index in [9.17, 15) is 5.11 Å². The molecule has 0 saturated heterocycles. The lowest BCUT2D eigenvalue weighted by Crippen LogP contribution is -2.36. The molecule has 3 aromatic heterocycles. The minimum absolute atomic E-state index is 0.256. The number of aryl methyl sites for hydroxylation is 3. The van der Waals surface area contributed by atoms with Crippen LogP contribution in [-0.2, 0) is 12.8 Å². The predicted octanol–water partition coefficient (Wildman–Crippen LogP) is 3.60. The zero-order valence-electron chi connectivity index (χ0n) is 18.4. The summed E-state index contributed by atoms with van der Waals surface area (Å²) in [4.78, 5) is 19.1. The highest BCUT2D eigenvalue weighted by Crippen LogP contribution is 2.30. The van der Waals surface area contributed by atoms with Crippen LogP contribution in [0.25, 0.3) is 17.0 Å². The van der Waals surface area contributed by atoms with Crippen molar-refractivity contribution >= 4 is 23.4 Å². The number of hydrogen-bond donors (Lipinski definition) is 2. The standard InChI is InChI=1S/C22H29N7OS/c1-13-19(25-16-7-5-4-6-15(16)23-13)17-12-18-26-21(31-3)27-20(29(18)28-17)24-14-8-10-22(2,30)11-9-14/h12,14,30H,4-11H2,1-3H3,(H,24,26,27)/t14-,22-. The number of hydrogen-bond acceptors (Lipinski definition) is 8. The maximum Gasteiger partial charge on any atom is 0.228 e. The summed E-state index contributed by atoms with van der Waals surface area (Å²) in [6.07, 6.45) is 9.69. The number of thioether (sulfide) groups is 1. The van der Waals surface area contributed by atoms with Crippen molar-refractivity contribution in [2.24, 2.45) is 0 Å². The Kier molecular flexibility index (Phi) is 5.34. The first kappa shape index (κ1) is 20.6. The van der Waals surface area contributed by atoms with E-state index < -0.39 is 5.60 Å². The van der Waals surface area contributed by atoms with E-state index >= 15 is 0 Å². The van der Waals surface area contributed by atoms with E-state index in [2.05, 4.69) is 10.3 Å². The van der Waals surface area contributed by atoms with Crippen LogP contribution in [0.3, 0.4) is 0 Å². The second kappa shape index (κ2) is 8.02. The second-order valence-corrected chi connectivity index (χ2v) is 9.78. The van der Waals surface area contributed by atoms with Crippen LogP contribution in [0.5, 0.6) is 0 Å². The molecule has 1 saturated carbocycles. The molecule has 0 unspecified atom stereocenters. The van der Waals surface area contributed by atoms with Crippen molar-refractivity contribution in [2.75, 3.05) is 11.6 Å². The summed E-state index contributed by atoms with van der Waals surface area (Å²) < 4.78 is 1.78. The minimum Gasteiger partial charge on any atom is -0.390 e. The first-order valence-electron chi connectivity index (χ1n) is 11.1. The molecule has 0 atom stereocenters. The Morgan fingerprint density at radius 3 is 2.52 bits per heavy atom. The molecule has 0 radical (unpaired) electrons. The van der Waals surface area contributed by atoms with Gasteiger partial charge in [-0.15, -0.1) is 0 Å². The maximum atomic E-state index is 10.3. The first-order chi connectivity index (χ1) is 14.9. The number of nitrogens with one attached hydrogen (secondary N) is 1. The maximum absolute atomic E-state index is 10.3. The van der Waals surface area contributed by atoms with Gasteiger partial charge in [-0.2, -0.15) is 14.6 Å². The monoisotopic (exact) mass is 439 g/mol. The third-order valence-electron chi connectivity index (χ3n) is 6.43. The van der Waals surface area contributed by atoms with Gasteiger partial charge in [0.2, 0.25) is 5.95 Å². The summed E-state index contributed by atoms with van der Waals surface area (Å²) >= 11 is 1.52. The van der Waals surface area contributed by atoms with Crippen LogP contribution < -0.4 is 5.32 Å². The first-order valence-corrected chi connectivity index (χ1v) is 12.3. The Balaban J connectivity index is 1.51. The molecule has 2 N–H and O–H groups in total. The average molecular weight is 440 g/mol. The number of fused-ring (bicyclic) bond motifs is 2. The Morgan fingerprint density at radius 2 is 1.81 bits per heavy atom. The van der Waals surface area contributed by atoms with Crippen molar-refractivity contribution < 1.29 is 5.11 Å². The molecule has 0 bridgehead atoms. The SMILES string of the molecule is CSc1nc(N[C@H]2CC[C@](C)(O)CC2)n2nc(-c3nc4c(nc3C)CCCC4)cc2n1. The molecule has 1 fully saturated rings. The van der Waals surface area contributed by atoms with E-state index in [1.54, 1.807) is 4.52 Å². The third-order valence-corrected chi connectivity index (χ3v) is 6.97.